The predicted octanol–water partition coefficient (Wildman–Crippen LogP) is -0.241. The van der Waals surface area contributed by atoms with Crippen molar-refractivity contribution < 1.29 is 0 Å². The zero-order chi connectivity index (χ0) is 7.40. The van der Waals surface area contributed by atoms with Crippen LogP contribution < -0.4 is 0 Å². The van der Waals surface area contributed by atoms with Crippen molar-refractivity contribution in [3.63, 3.8) is 0 Å². The Labute approximate surface area is 58.3 Å². The molecule has 0 aromatic carbocycles. The first-order chi connectivity index (χ1) is 4.88. The van der Waals surface area contributed by atoms with Crippen LogP contribution in [0.2, 0.25) is 0 Å². The van der Waals surface area contributed by atoms with E-state index >= 15 is 0 Å². The first kappa shape index (κ1) is 6.68. The van der Waals surface area contributed by atoms with Gasteiger partial charge in [0.2, 0.25) is 0 Å². The standard InChI is InChI=1S/C5H7N5/c1-2-10-5(3-4-6)7-8-9-10/h2-3H2,1H3. The fourth-order valence-electron chi connectivity index (χ4n) is 0.666. The van der Waals surface area contributed by atoms with Gasteiger partial charge in [0.05, 0.1) is 12.5 Å². The Balaban J connectivity index is 2.82. The van der Waals surface area contributed by atoms with E-state index in [4.69, 9.17) is 5.26 Å². The van der Waals surface area contributed by atoms with Gasteiger partial charge in [-0.05, 0) is 17.4 Å². The highest BCUT2D eigenvalue weighted by atomic mass is 15.5. The Morgan fingerprint density at radius 1 is 1.70 bits per heavy atom. The molecule has 0 fully saturated rings. The van der Waals surface area contributed by atoms with Crippen LogP contribution >= 0.6 is 0 Å². The number of aromatic nitrogens is 4. The summed E-state index contributed by atoms with van der Waals surface area (Å²) in [5.41, 5.74) is 0. The fourth-order valence-corrected chi connectivity index (χ4v) is 0.666. The third-order valence-corrected chi connectivity index (χ3v) is 1.14. The number of aryl methyl sites for hydroxylation is 1. The summed E-state index contributed by atoms with van der Waals surface area (Å²) in [5.74, 6) is 0.630. The Kier molecular flexibility index (Phi) is 1.95. The Morgan fingerprint density at radius 2 is 2.50 bits per heavy atom. The molecule has 0 aliphatic heterocycles. The molecule has 1 heterocycles. The van der Waals surface area contributed by atoms with Crippen LogP contribution in [-0.2, 0) is 13.0 Å². The summed E-state index contributed by atoms with van der Waals surface area (Å²) in [6.45, 7) is 2.64. The zero-order valence-corrected chi connectivity index (χ0v) is 5.65. The molecule has 5 heteroatoms. The molecule has 5 nitrogen and oxygen atoms in total. The van der Waals surface area contributed by atoms with E-state index in [2.05, 4.69) is 15.5 Å². The van der Waals surface area contributed by atoms with Crippen molar-refractivity contribution in [2.24, 2.45) is 0 Å². The third-order valence-electron chi connectivity index (χ3n) is 1.14. The molecule has 52 valence electrons. The number of hydrogen-bond donors (Lipinski definition) is 0. The van der Waals surface area contributed by atoms with Crippen LogP contribution in [0, 0.1) is 11.3 Å². The SMILES string of the molecule is CCn1nnnc1CC#N. The van der Waals surface area contributed by atoms with Crippen LogP contribution in [0.5, 0.6) is 0 Å². The quantitative estimate of drug-likeness (QED) is 0.564. The second-order valence-electron chi connectivity index (χ2n) is 1.75. The van der Waals surface area contributed by atoms with Crippen LogP contribution in [0.4, 0.5) is 0 Å². The summed E-state index contributed by atoms with van der Waals surface area (Å²) in [7, 11) is 0. The molecule has 1 aromatic rings. The van der Waals surface area contributed by atoms with Gasteiger partial charge in [-0.3, -0.25) is 0 Å². The lowest BCUT2D eigenvalue weighted by Crippen LogP contribution is -2.02. The van der Waals surface area contributed by atoms with Crippen LogP contribution in [0.1, 0.15) is 12.7 Å². The van der Waals surface area contributed by atoms with E-state index in [1.807, 2.05) is 13.0 Å². The number of nitrogens with zero attached hydrogens (tertiary/aromatic N) is 5. The summed E-state index contributed by atoms with van der Waals surface area (Å²) < 4.78 is 1.60. The molecule has 0 aliphatic carbocycles. The van der Waals surface area contributed by atoms with Crippen molar-refractivity contribution in [2.75, 3.05) is 0 Å². The highest BCUT2D eigenvalue weighted by molar-refractivity contribution is 4.91. The molecule has 0 bridgehead atoms. The molecule has 0 saturated heterocycles. The summed E-state index contributed by atoms with van der Waals surface area (Å²) in [4.78, 5) is 0. The summed E-state index contributed by atoms with van der Waals surface area (Å²) >= 11 is 0. The molecule has 0 unspecified atom stereocenters. The minimum absolute atomic E-state index is 0.279. The molecule has 0 N–H and O–H groups in total. The Bertz CT molecular complexity index is 245. The largest absolute Gasteiger partial charge is 0.229 e. The van der Waals surface area contributed by atoms with E-state index in [1.165, 1.54) is 0 Å². The fraction of sp³-hybridized carbons (Fsp3) is 0.600. The van der Waals surface area contributed by atoms with Crippen molar-refractivity contribution in [1.29, 1.82) is 5.26 Å². The number of tetrazole rings is 1. The maximum Gasteiger partial charge on any atom is 0.165 e. The minimum Gasteiger partial charge on any atom is -0.229 e. The normalized spacial score (nSPS) is 9.20. The van der Waals surface area contributed by atoms with Gasteiger partial charge in [-0.15, -0.1) is 5.10 Å². The lowest BCUT2D eigenvalue weighted by molar-refractivity contribution is 0.606. The van der Waals surface area contributed by atoms with Gasteiger partial charge in [0, 0.05) is 6.54 Å². The monoisotopic (exact) mass is 137 g/mol. The van der Waals surface area contributed by atoms with E-state index in [-0.39, 0.29) is 6.42 Å². The van der Waals surface area contributed by atoms with Crippen molar-refractivity contribution in [2.45, 2.75) is 19.9 Å². The average molecular weight is 137 g/mol. The molecule has 1 aromatic heterocycles. The van der Waals surface area contributed by atoms with E-state index in [9.17, 15) is 0 Å². The van der Waals surface area contributed by atoms with Crippen molar-refractivity contribution >= 4 is 0 Å². The maximum absolute atomic E-state index is 8.30. The molecule has 0 radical (unpaired) electrons. The first-order valence-corrected chi connectivity index (χ1v) is 3.00. The predicted molar refractivity (Wildman–Crippen MR) is 32.8 cm³/mol. The Morgan fingerprint density at radius 3 is 3.10 bits per heavy atom. The molecular formula is C5H7N5. The van der Waals surface area contributed by atoms with Gasteiger partial charge in [-0.25, -0.2) is 4.68 Å². The van der Waals surface area contributed by atoms with Crippen molar-refractivity contribution in [3.8, 4) is 6.07 Å². The lowest BCUT2D eigenvalue weighted by atomic mass is 10.4. The molecule has 0 spiro atoms. The van der Waals surface area contributed by atoms with E-state index in [1.54, 1.807) is 4.68 Å². The average Bonchev–Trinajstić information content (AvgIpc) is 2.36. The third kappa shape index (κ3) is 1.10. The number of hydrogen-bond acceptors (Lipinski definition) is 4. The molecule has 1 rings (SSSR count). The maximum atomic E-state index is 8.30. The molecule has 10 heavy (non-hydrogen) atoms. The van der Waals surface area contributed by atoms with Gasteiger partial charge in [0.15, 0.2) is 5.82 Å². The number of rotatable bonds is 2. The molecule has 0 amide bonds. The van der Waals surface area contributed by atoms with E-state index in [0.29, 0.717) is 12.4 Å². The van der Waals surface area contributed by atoms with Crippen molar-refractivity contribution in [1.82, 2.24) is 20.2 Å². The van der Waals surface area contributed by atoms with Gasteiger partial charge in [-0.1, -0.05) is 0 Å². The van der Waals surface area contributed by atoms with Gasteiger partial charge in [0.25, 0.3) is 0 Å². The molecular weight excluding hydrogens is 130 g/mol. The van der Waals surface area contributed by atoms with Crippen LogP contribution in [0.15, 0.2) is 0 Å². The van der Waals surface area contributed by atoms with Crippen LogP contribution in [0.3, 0.4) is 0 Å². The lowest BCUT2D eigenvalue weighted by Gasteiger charge is -1.92. The smallest absolute Gasteiger partial charge is 0.165 e. The molecule has 0 saturated carbocycles. The summed E-state index contributed by atoms with van der Waals surface area (Å²) in [6, 6.07) is 1.98. The van der Waals surface area contributed by atoms with Gasteiger partial charge < -0.3 is 0 Å². The molecule has 0 atom stereocenters. The summed E-state index contributed by atoms with van der Waals surface area (Å²) in [5, 5.41) is 19.0. The molecule has 0 aliphatic rings. The van der Waals surface area contributed by atoms with Gasteiger partial charge >= 0.3 is 0 Å². The van der Waals surface area contributed by atoms with Crippen molar-refractivity contribution in [3.05, 3.63) is 5.82 Å². The highest BCUT2D eigenvalue weighted by Crippen LogP contribution is 1.90. The van der Waals surface area contributed by atoms with Crippen LogP contribution in [-0.4, -0.2) is 20.2 Å². The zero-order valence-electron chi connectivity index (χ0n) is 5.65. The minimum atomic E-state index is 0.279. The number of nitriles is 1. The second-order valence-corrected chi connectivity index (χ2v) is 1.75. The topological polar surface area (TPSA) is 67.4 Å². The second kappa shape index (κ2) is 2.92. The van der Waals surface area contributed by atoms with Crippen LogP contribution in [0.25, 0.3) is 0 Å². The first-order valence-electron chi connectivity index (χ1n) is 3.00. The highest BCUT2D eigenvalue weighted by Gasteiger charge is 2.00. The summed E-state index contributed by atoms with van der Waals surface area (Å²) in [6.07, 6.45) is 0.279. The van der Waals surface area contributed by atoms with E-state index < -0.39 is 0 Å². The van der Waals surface area contributed by atoms with Gasteiger partial charge in [-0.2, -0.15) is 5.26 Å². The Hall–Kier alpha value is -1.44. The van der Waals surface area contributed by atoms with Gasteiger partial charge in [0.1, 0.15) is 0 Å². The van der Waals surface area contributed by atoms with E-state index in [0.717, 1.165) is 0 Å².